The maximum Gasteiger partial charge on any atom is 0.322 e. The number of amides is 2. The SMILES string of the molecule is CCCCCCN(C(=O)Nc1ccccc1C)C(CC)c1nc2ccccc2c(=O)n1-c1ccccc1OC. The number of nitrogens with one attached hydrogen (secondary N) is 1. The van der Waals surface area contributed by atoms with E-state index >= 15 is 0 Å². The zero-order chi connectivity index (χ0) is 27.8. The van der Waals surface area contributed by atoms with Gasteiger partial charge >= 0.3 is 6.03 Å². The molecule has 204 valence electrons. The molecule has 0 fully saturated rings. The zero-order valence-electron chi connectivity index (χ0n) is 23.3. The molecular formula is C32H38N4O3. The summed E-state index contributed by atoms with van der Waals surface area (Å²) in [4.78, 5) is 34.8. The minimum absolute atomic E-state index is 0.191. The number of carbonyl (C=O) groups excluding carboxylic acids is 1. The molecule has 1 heterocycles. The van der Waals surface area contributed by atoms with Crippen LogP contribution in [0.15, 0.2) is 77.6 Å². The van der Waals surface area contributed by atoms with Crippen LogP contribution in [-0.4, -0.2) is 34.1 Å². The smallest absolute Gasteiger partial charge is 0.322 e. The number of rotatable bonds is 11. The van der Waals surface area contributed by atoms with Gasteiger partial charge in [-0.2, -0.15) is 0 Å². The first-order valence-electron chi connectivity index (χ1n) is 13.8. The van der Waals surface area contributed by atoms with Crippen LogP contribution < -0.4 is 15.6 Å². The summed E-state index contributed by atoms with van der Waals surface area (Å²) in [5, 5.41) is 3.63. The summed E-state index contributed by atoms with van der Waals surface area (Å²) >= 11 is 0. The summed E-state index contributed by atoms with van der Waals surface area (Å²) in [6, 6.07) is 21.9. The van der Waals surface area contributed by atoms with Crippen molar-refractivity contribution in [1.29, 1.82) is 0 Å². The highest BCUT2D eigenvalue weighted by Crippen LogP contribution is 2.30. The Labute approximate surface area is 230 Å². The Morgan fingerprint density at radius 3 is 2.44 bits per heavy atom. The van der Waals surface area contributed by atoms with Crippen molar-refractivity contribution in [3.8, 4) is 11.4 Å². The van der Waals surface area contributed by atoms with Crippen molar-refractivity contribution in [2.75, 3.05) is 19.0 Å². The molecule has 0 radical (unpaired) electrons. The molecule has 1 aromatic heterocycles. The number of unbranched alkanes of at least 4 members (excludes halogenated alkanes) is 3. The van der Waals surface area contributed by atoms with Crippen LogP contribution in [0.2, 0.25) is 0 Å². The maximum atomic E-state index is 14.0. The Kier molecular flexibility index (Phi) is 9.36. The van der Waals surface area contributed by atoms with E-state index in [2.05, 4.69) is 12.2 Å². The molecule has 7 heteroatoms. The molecule has 7 nitrogen and oxygen atoms in total. The van der Waals surface area contributed by atoms with Gasteiger partial charge in [-0.3, -0.25) is 9.36 Å². The molecule has 4 aromatic rings. The number of para-hydroxylation sites is 4. The second-order valence-corrected chi connectivity index (χ2v) is 9.72. The Bertz CT molecular complexity index is 1480. The van der Waals surface area contributed by atoms with Crippen LogP contribution in [0, 0.1) is 6.92 Å². The second kappa shape index (κ2) is 13.1. The van der Waals surface area contributed by atoms with Crippen molar-refractivity contribution in [2.45, 2.75) is 58.9 Å². The van der Waals surface area contributed by atoms with Crippen LogP contribution in [0.3, 0.4) is 0 Å². The molecule has 0 saturated carbocycles. The number of carbonyl (C=O) groups is 1. The van der Waals surface area contributed by atoms with Crippen molar-refractivity contribution in [2.24, 2.45) is 0 Å². The summed E-state index contributed by atoms with van der Waals surface area (Å²) in [5.74, 6) is 1.08. The van der Waals surface area contributed by atoms with Crippen LogP contribution in [-0.2, 0) is 0 Å². The number of aryl methyl sites for hydroxylation is 1. The molecule has 0 aliphatic carbocycles. The highest BCUT2D eigenvalue weighted by Gasteiger charge is 2.30. The number of fused-ring (bicyclic) bond motifs is 1. The summed E-state index contributed by atoms with van der Waals surface area (Å²) in [6.07, 6.45) is 4.66. The quantitative estimate of drug-likeness (QED) is 0.209. The van der Waals surface area contributed by atoms with Crippen molar-refractivity contribution < 1.29 is 9.53 Å². The van der Waals surface area contributed by atoms with Gasteiger partial charge in [-0.05, 0) is 55.7 Å². The average Bonchev–Trinajstić information content (AvgIpc) is 2.96. The predicted molar refractivity (Wildman–Crippen MR) is 158 cm³/mol. The molecule has 0 aliphatic heterocycles. The molecule has 39 heavy (non-hydrogen) atoms. The van der Waals surface area contributed by atoms with Gasteiger partial charge < -0.3 is 15.0 Å². The number of hydrogen-bond acceptors (Lipinski definition) is 4. The van der Waals surface area contributed by atoms with Gasteiger partial charge in [0.15, 0.2) is 0 Å². The first kappa shape index (κ1) is 27.9. The van der Waals surface area contributed by atoms with Gasteiger partial charge in [-0.15, -0.1) is 0 Å². The third-order valence-electron chi connectivity index (χ3n) is 7.09. The molecule has 1 atom stereocenters. The van der Waals surface area contributed by atoms with Crippen molar-refractivity contribution in [3.63, 3.8) is 0 Å². The molecule has 0 aliphatic rings. The van der Waals surface area contributed by atoms with Crippen molar-refractivity contribution in [3.05, 3.63) is 94.5 Å². The lowest BCUT2D eigenvalue weighted by Gasteiger charge is -2.33. The lowest BCUT2D eigenvalue weighted by atomic mass is 10.1. The minimum atomic E-state index is -0.446. The fourth-order valence-corrected chi connectivity index (χ4v) is 4.97. The topological polar surface area (TPSA) is 76.5 Å². The lowest BCUT2D eigenvalue weighted by Crippen LogP contribution is -2.41. The van der Waals surface area contributed by atoms with Crippen molar-refractivity contribution >= 4 is 22.6 Å². The third-order valence-corrected chi connectivity index (χ3v) is 7.09. The van der Waals surface area contributed by atoms with Gasteiger partial charge in [-0.25, -0.2) is 9.78 Å². The number of urea groups is 1. The molecular weight excluding hydrogens is 488 g/mol. The second-order valence-electron chi connectivity index (χ2n) is 9.72. The Hall–Kier alpha value is -4.13. The number of benzene rings is 3. The van der Waals surface area contributed by atoms with E-state index < -0.39 is 6.04 Å². The van der Waals surface area contributed by atoms with Gasteiger partial charge in [-0.1, -0.05) is 75.6 Å². The molecule has 1 N–H and O–H groups in total. The standard InChI is InChI=1S/C32H38N4O3/c1-5-7-8-15-22-35(32(38)34-25-18-11-9-16-23(25)3)27(6-2)30-33-26-19-12-10-17-24(26)31(37)36(30)28-20-13-14-21-29(28)39-4/h9-14,16-21,27H,5-8,15,22H2,1-4H3,(H,34,38). The number of ether oxygens (including phenoxy) is 1. The number of methoxy groups -OCH3 is 1. The molecule has 3 aromatic carbocycles. The number of aromatic nitrogens is 2. The van der Waals surface area contributed by atoms with E-state index in [9.17, 15) is 9.59 Å². The predicted octanol–water partition coefficient (Wildman–Crippen LogP) is 7.27. The fraction of sp³-hybridized carbons (Fsp3) is 0.344. The molecule has 2 amide bonds. The van der Waals surface area contributed by atoms with Crippen LogP contribution in [0.5, 0.6) is 5.75 Å². The average molecular weight is 527 g/mol. The highest BCUT2D eigenvalue weighted by atomic mass is 16.5. The first-order valence-corrected chi connectivity index (χ1v) is 13.8. The van der Waals surface area contributed by atoms with Crippen LogP contribution in [0.4, 0.5) is 10.5 Å². The monoisotopic (exact) mass is 526 g/mol. The summed E-state index contributed by atoms with van der Waals surface area (Å²) in [7, 11) is 1.59. The third kappa shape index (κ3) is 6.14. The summed E-state index contributed by atoms with van der Waals surface area (Å²) in [6.45, 7) is 6.72. The summed E-state index contributed by atoms with van der Waals surface area (Å²) in [5.41, 5.74) is 2.77. The number of hydrogen-bond donors (Lipinski definition) is 1. The number of anilines is 1. The Balaban J connectivity index is 1.88. The first-order chi connectivity index (χ1) is 19.0. The van der Waals surface area contributed by atoms with E-state index in [4.69, 9.17) is 9.72 Å². The fourth-order valence-electron chi connectivity index (χ4n) is 4.97. The van der Waals surface area contributed by atoms with E-state index in [1.165, 1.54) is 0 Å². The molecule has 0 spiro atoms. The van der Waals surface area contributed by atoms with Gasteiger partial charge in [0.2, 0.25) is 0 Å². The van der Waals surface area contributed by atoms with Gasteiger partial charge in [0.1, 0.15) is 11.6 Å². The molecule has 0 saturated heterocycles. The van der Waals surface area contributed by atoms with E-state index in [1.807, 2.05) is 85.5 Å². The normalized spacial score (nSPS) is 11.8. The lowest BCUT2D eigenvalue weighted by molar-refractivity contribution is 0.179. The van der Waals surface area contributed by atoms with Gasteiger partial charge in [0, 0.05) is 12.2 Å². The van der Waals surface area contributed by atoms with E-state index in [0.29, 0.717) is 41.1 Å². The van der Waals surface area contributed by atoms with Crippen LogP contribution in [0.1, 0.15) is 63.4 Å². The van der Waals surface area contributed by atoms with Crippen LogP contribution >= 0.6 is 0 Å². The van der Waals surface area contributed by atoms with Crippen molar-refractivity contribution in [1.82, 2.24) is 14.5 Å². The molecule has 4 rings (SSSR count). The number of nitrogens with zero attached hydrogens (tertiary/aromatic N) is 3. The zero-order valence-corrected chi connectivity index (χ0v) is 23.3. The van der Waals surface area contributed by atoms with Gasteiger partial charge in [0.25, 0.3) is 5.56 Å². The largest absolute Gasteiger partial charge is 0.495 e. The van der Waals surface area contributed by atoms with Gasteiger partial charge in [0.05, 0.1) is 29.7 Å². The Morgan fingerprint density at radius 2 is 1.69 bits per heavy atom. The molecule has 0 bridgehead atoms. The summed E-state index contributed by atoms with van der Waals surface area (Å²) < 4.78 is 7.27. The Morgan fingerprint density at radius 1 is 0.974 bits per heavy atom. The van der Waals surface area contributed by atoms with E-state index in [0.717, 1.165) is 36.9 Å². The van der Waals surface area contributed by atoms with E-state index in [1.54, 1.807) is 17.7 Å². The van der Waals surface area contributed by atoms with Crippen LogP contribution in [0.25, 0.3) is 16.6 Å². The highest BCUT2D eigenvalue weighted by molar-refractivity contribution is 5.90. The maximum absolute atomic E-state index is 14.0. The van der Waals surface area contributed by atoms with E-state index in [-0.39, 0.29) is 11.6 Å². The molecule has 1 unspecified atom stereocenters. The minimum Gasteiger partial charge on any atom is -0.495 e.